The van der Waals surface area contributed by atoms with Gasteiger partial charge >= 0.3 is 6.18 Å². The van der Waals surface area contributed by atoms with E-state index in [0.717, 1.165) is 5.56 Å². The summed E-state index contributed by atoms with van der Waals surface area (Å²) < 4.78 is 54.9. The minimum atomic E-state index is -4.38. The Bertz CT molecular complexity index is 864. The molecule has 10 heteroatoms. The van der Waals surface area contributed by atoms with E-state index in [1.807, 2.05) is 6.07 Å². The fraction of sp³-hybridized carbons (Fsp3) is 0.263. The molecule has 0 unspecified atom stereocenters. The molecule has 0 saturated heterocycles. The van der Waals surface area contributed by atoms with Gasteiger partial charge in [0.25, 0.3) is 0 Å². The molecule has 0 aliphatic rings. The van der Waals surface area contributed by atoms with Crippen molar-refractivity contribution in [2.24, 2.45) is 4.99 Å². The van der Waals surface area contributed by atoms with E-state index < -0.39 is 18.6 Å². The van der Waals surface area contributed by atoms with E-state index in [4.69, 9.17) is 5.26 Å². The van der Waals surface area contributed by atoms with Crippen LogP contribution in [0.25, 0.3) is 0 Å². The molecule has 156 valence electrons. The first-order chi connectivity index (χ1) is 13.3. The highest BCUT2D eigenvalue weighted by Gasteiger charge is 2.28. The van der Waals surface area contributed by atoms with E-state index >= 15 is 0 Å². The second kappa shape index (κ2) is 11.5. The number of nitrogens with one attached hydrogen (secondary N) is 2. The third-order valence-electron chi connectivity index (χ3n) is 3.63. The molecule has 5 nitrogen and oxygen atoms in total. The summed E-state index contributed by atoms with van der Waals surface area (Å²) in [5.41, 5.74) is 1.47. The van der Waals surface area contributed by atoms with E-state index in [2.05, 4.69) is 20.4 Å². The largest absolute Gasteiger partial charge is 0.484 e. The van der Waals surface area contributed by atoms with Gasteiger partial charge in [-0.15, -0.1) is 24.0 Å². The third-order valence-corrected chi connectivity index (χ3v) is 3.63. The van der Waals surface area contributed by atoms with Crippen LogP contribution in [-0.4, -0.2) is 25.8 Å². The summed E-state index contributed by atoms with van der Waals surface area (Å²) in [5.74, 6) is 0.0898. The van der Waals surface area contributed by atoms with E-state index in [0.29, 0.717) is 23.6 Å². The Hall–Kier alpha value is -2.55. The molecule has 0 amide bonds. The van der Waals surface area contributed by atoms with Crippen LogP contribution in [0.3, 0.4) is 0 Å². The molecule has 0 aliphatic carbocycles. The first-order valence-electron chi connectivity index (χ1n) is 8.22. The van der Waals surface area contributed by atoms with Crippen LogP contribution in [0.2, 0.25) is 0 Å². The Kier molecular flexibility index (Phi) is 9.67. The SMILES string of the molecule is CN=C(NCc1ccc(OCC(F)(F)F)cc1)NCc1cc(C#N)ccc1F.I. The van der Waals surface area contributed by atoms with Gasteiger partial charge in [-0.1, -0.05) is 12.1 Å². The minimum Gasteiger partial charge on any atom is -0.484 e. The summed E-state index contributed by atoms with van der Waals surface area (Å²) in [6.45, 7) is -0.865. The predicted octanol–water partition coefficient (Wildman–Crippen LogP) is 4.12. The first-order valence-corrected chi connectivity index (χ1v) is 8.22. The van der Waals surface area contributed by atoms with Gasteiger partial charge in [0.05, 0.1) is 11.6 Å². The van der Waals surface area contributed by atoms with Crippen molar-refractivity contribution in [3.63, 3.8) is 0 Å². The summed E-state index contributed by atoms with van der Waals surface area (Å²) in [6.07, 6.45) is -4.38. The summed E-state index contributed by atoms with van der Waals surface area (Å²) in [6, 6.07) is 12.2. The van der Waals surface area contributed by atoms with Crippen LogP contribution in [0.1, 0.15) is 16.7 Å². The number of hydrogen-bond acceptors (Lipinski definition) is 3. The fourth-order valence-electron chi connectivity index (χ4n) is 2.23. The van der Waals surface area contributed by atoms with Crippen LogP contribution in [0.5, 0.6) is 5.75 Å². The summed E-state index contributed by atoms with van der Waals surface area (Å²) in [5, 5.41) is 14.8. The summed E-state index contributed by atoms with van der Waals surface area (Å²) >= 11 is 0. The second-order valence-corrected chi connectivity index (χ2v) is 5.75. The van der Waals surface area contributed by atoms with Gasteiger partial charge in [-0.2, -0.15) is 18.4 Å². The third kappa shape index (κ3) is 8.55. The van der Waals surface area contributed by atoms with Crippen LogP contribution in [0.4, 0.5) is 17.6 Å². The van der Waals surface area contributed by atoms with Crippen molar-refractivity contribution in [2.75, 3.05) is 13.7 Å². The van der Waals surface area contributed by atoms with Crippen LogP contribution in [-0.2, 0) is 13.1 Å². The molecule has 2 aromatic rings. The molecule has 0 fully saturated rings. The van der Waals surface area contributed by atoms with Crippen LogP contribution in [0.15, 0.2) is 47.5 Å². The highest BCUT2D eigenvalue weighted by Crippen LogP contribution is 2.18. The molecule has 0 aromatic heterocycles. The van der Waals surface area contributed by atoms with Gasteiger partial charge in [0, 0.05) is 25.7 Å². The zero-order valence-electron chi connectivity index (χ0n) is 15.4. The Morgan fingerprint density at radius 1 is 1.10 bits per heavy atom. The molecule has 0 aliphatic heterocycles. The maximum atomic E-state index is 13.8. The highest BCUT2D eigenvalue weighted by molar-refractivity contribution is 14.0. The molecule has 0 bridgehead atoms. The summed E-state index contributed by atoms with van der Waals surface area (Å²) in [4.78, 5) is 4.02. The van der Waals surface area contributed by atoms with E-state index in [1.54, 1.807) is 19.2 Å². The van der Waals surface area contributed by atoms with Gasteiger partial charge in [0.2, 0.25) is 0 Å². The lowest BCUT2D eigenvalue weighted by atomic mass is 10.1. The molecule has 2 N–H and O–H groups in total. The van der Waals surface area contributed by atoms with Crippen LogP contribution in [0, 0.1) is 17.1 Å². The second-order valence-electron chi connectivity index (χ2n) is 5.75. The summed E-state index contributed by atoms with van der Waals surface area (Å²) in [7, 11) is 1.55. The van der Waals surface area contributed by atoms with Crippen molar-refractivity contribution in [1.29, 1.82) is 5.26 Å². The zero-order chi connectivity index (χ0) is 20.6. The molecule has 0 saturated carbocycles. The van der Waals surface area contributed by atoms with Gasteiger partial charge in [0.1, 0.15) is 11.6 Å². The van der Waals surface area contributed by atoms with Crippen molar-refractivity contribution in [3.8, 4) is 11.8 Å². The molecule has 2 rings (SSSR count). The topological polar surface area (TPSA) is 69.4 Å². The maximum absolute atomic E-state index is 13.8. The number of halogens is 5. The van der Waals surface area contributed by atoms with Gasteiger partial charge in [-0.05, 0) is 35.9 Å². The number of ether oxygens (including phenoxy) is 1. The normalized spacial score (nSPS) is 11.2. The molecule has 2 aromatic carbocycles. The van der Waals surface area contributed by atoms with Gasteiger partial charge in [0.15, 0.2) is 12.6 Å². The lowest BCUT2D eigenvalue weighted by Gasteiger charge is -2.13. The van der Waals surface area contributed by atoms with Crippen molar-refractivity contribution < 1.29 is 22.3 Å². The Morgan fingerprint density at radius 3 is 2.34 bits per heavy atom. The minimum absolute atomic E-state index is 0. The van der Waals surface area contributed by atoms with Crippen molar-refractivity contribution in [3.05, 3.63) is 65.0 Å². The molecule has 0 heterocycles. The van der Waals surface area contributed by atoms with Crippen molar-refractivity contribution >= 4 is 29.9 Å². The predicted molar refractivity (Wildman–Crippen MR) is 112 cm³/mol. The van der Waals surface area contributed by atoms with E-state index in [1.165, 1.54) is 30.3 Å². The monoisotopic (exact) mass is 522 g/mol. The average Bonchev–Trinajstić information content (AvgIpc) is 2.68. The number of guanidine groups is 1. The number of benzene rings is 2. The number of hydrogen-bond donors (Lipinski definition) is 2. The number of nitriles is 1. The number of nitrogens with zero attached hydrogens (tertiary/aromatic N) is 2. The molecule has 29 heavy (non-hydrogen) atoms. The van der Waals surface area contributed by atoms with Crippen molar-refractivity contribution in [2.45, 2.75) is 19.3 Å². The number of alkyl halides is 3. The zero-order valence-corrected chi connectivity index (χ0v) is 17.7. The van der Waals surface area contributed by atoms with E-state index in [-0.39, 0.29) is 36.3 Å². The molecule has 0 radical (unpaired) electrons. The first kappa shape index (κ1) is 24.5. The van der Waals surface area contributed by atoms with E-state index in [9.17, 15) is 17.6 Å². The molecular weight excluding hydrogens is 503 g/mol. The Labute approximate surface area is 182 Å². The van der Waals surface area contributed by atoms with Gasteiger partial charge in [-0.3, -0.25) is 4.99 Å². The van der Waals surface area contributed by atoms with Crippen LogP contribution >= 0.6 is 24.0 Å². The standard InChI is InChI=1S/C19H18F4N4O.HI/c1-25-18(27-11-15-8-14(9-24)4-7-17(15)20)26-10-13-2-5-16(6-3-13)28-12-19(21,22)23;/h2-8H,10-12H2,1H3,(H2,25,26,27);1H. The maximum Gasteiger partial charge on any atom is 0.422 e. The smallest absolute Gasteiger partial charge is 0.422 e. The number of rotatable bonds is 6. The highest BCUT2D eigenvalue weighted by atomic mass is 127. The van der Waals surface area contributed by atoms with Crippen molar-refractivity contribution in [1.82, 2.24) is 10.6 Å². The van der Waals surface area contributed by atoms with Gasteiger partial charge < -0.3 is 15.4 Å². The average molecular weight is 522 g/mol. The molecular formula is C19H19F4IN4O. The number of aliphatic imine (C=N–C) groups is 1. The van der Waals surface area contributed by atoms with Gasteiger partial charge in [-0.25, -0.2) is 4.39 Å². The Morgan fingerprint density at radius 2 is 1.76 bits per heavy atom. The molecule has 0 spiro atoms. The quantitative estimate of drug-likeness (QED) is 0.259. The Balaban J connectivity index is 0.00000420. The lowest BCUT2D eigenvalue weighted by molar-refractivity contribution is -0.153. The lowest BCUT2D eigenvalue weighted by Crippen LogP contribution is -2.36. The fourth-order valence-corrected chi connectivity index (χ4v) is 2.23. The molecule has 0 atom stereocenters. The van der Waals surface area contributed by atoms with Crippen LogP contribution < -0.4 is 15.4 Å².